The summed E-state index contributed by atoms with van der Waals surface area (Å²) >= 11 is 0. The standard InChI is InChI=1S/C7H15NO/c1-2-9-4-3-6-5-7(6)8/h6-7H,2-5,8H2,1H3/t6-,7-/m1/s1. The predicted molar refractivity (Wildman–Crippen MR) is 37.2 cm³/mol. The first-order valence-electron chi connectivity index (χ1n) is 3.68. The van der Waals surface area contributed by atoms with E-state index < -0.39 is 0 Å². The third kappa shape index (κ3) is 2.33. The summed E-state index contributed by atoms with van der Waals surface area (Å²) in [7, 11) is 0. The maximum absolute atomic E-state index is 5.59. The van der Waals surface area contributed by atoms with Gasteiger partial charge in [-0.15, -0.1) is 0 Å². The van der Waals surface area contributed by atoms with Gasteiger partial charge in [0.1, 0.15) is 0 Å². The van der Waals surface area contributed by atoms with Gasteiger partial charge in [-0.05, 0) is 25.7 Å². The highest BCUT2D eigenvalue weighted by molar-refractivity contribution is 4.89. The van der Waals surface area contributed by atoms with E-state index in [1.54, 1.807) is 0 Å². The van der Waals surface area contributed by atoms with Crippen molar-refractivity contribution < 1.29 is 4.74 Å². The first kappa shape index (κ1) is 7.03. The zero-order valence-electron chi connectivity index (χ0n) is 5.97. The molecule has 1 fully saturated rings. The van der Waals surface area contributed by atoms with Crippen LogP contribution in [0.2, 0.25) is 0 Å². The summed E-state index contributed by atoms with van der Waals surface area (Å²) in [6.45, 7) is 3.75. The van der Waals surface area contributed by atoms with Crippen LogP contribution in [0.1, 0.15) is 19.8 Å². The molecule has 2 atom stereocenters. The quantitative estimate of drug-likeness (QED) is 0.569. The van der Waals surface area contributed by atoms with Gasteiger partial charge in [0.05, 0.1) is 0 Å². The highest BCUT2D eigenvalue weighted by Crippen LogP contribution is 2.30. The van der Waals surface area contributed by atoms with Crippen molar-refractivity contribution in [2.45, 2.75) is 25.8 Å². The van der Waals surface area contributed by atoms with Crippen LogP contribution in [-0.4, -0.2) is 19.3 Å². The highest BCUT2D eigenvalue weighted by Gasteiger charge is 2.32. The second-order valence-electron chi connectivity index (χ2n) is 2.65. The Kier molecular flexibility index (Phi) is 2.49. The molecule has 9 heavy (non-hydrogen) atoms. The van der Waals surface area contributed by atoms with Crippen molar-refractivity contribution in [3.8, 4) is 0 Å². The summed E-state index contributed by atoms with van der Waals surface area (Å²) in [6, 6.07) is 0.491. The number of rotatable bonds is 4. The Labute approximate surface area is 56.4 Å². The van der Waals surface area contributed by atoms with Crippen molar-refractivity contribution in [3.05, 3.63) is 0 Å². The summed E-state index contributed by atoms with van der Waals surface area (Å²) in [6.07, 6.45) is 2.38. The molecule has 0 heterocycles. The molecule has 1 saturated carbocycles. The Bertz CT molecular complexity index is 85.0. The number of nitrogens with two attached hydrogens (primary N) is 1. The van der Waals surface area contributed by atoms with Gasteiger partial charge >= 0.3 is 0 Å². The Morgan fingerprint density at radius 2 is 2.33 bits per heavy atom. The maximum atomic E-state index is 5.59. The van der Waals surface area contributed by atoms with Crippen molar-refractivity contribution >= 4 is 0 Å². The predicted octanol–water partition coefficient (Wildman–Crippen LogP) is 0.760. The first-order chi connectivity index (χ1) is 4.34. The molecular formula is C7H15NO. The maximum Gasteiger partial charge on any atom is 0.0469 e. The number of hydrogen-bond acceptors (Lipinski definition) is 2. The van der Waals surface area contributed by atoms with Crippen LogP contribution in [0.3, 0.4) is 0 Å². The van der Waals surface area contributed by atoms with E-state index in [0.717, 1.165) is 25.6 Å². The SMILES string of the molecule is CCOCC[C@@H]1C[C@H]1N. The Morgan fingerprint density at radius 3 is 2.78 bits per heavy atom. The van der Waals surface area contributed by atoms with Crippen LogP contribution < -0.4 is 5.73 Å². The van der Waals surface area contributed by atoms with Gasteiger partial charge in [-0.2, -0.15) is 0 Å². The van der Waals surface area contributed by atoms with Gasteiger partial charge < -0.3 is 10.5 Å². The van der Waals surface area contributed by atoms with Gasteiger partial charge in [0.25, 0.3) is 0 Å². The third-order valence-corrected chi connectivity index (χ3v) is 1.81. The number of hydrogen-bond donors (Lipinski definition) is 1. The molecule has 2 heteroatoms. The molecule has 1 aliphatic carbocycles. The van der Waals surface area contributed by atoms with Crippen LogP contribution in [0.15, 0.2) is 0 Å². The smallest absolute Gasteiger partial charge is 0.0469 e. The highest BCUT2D eigenvalue weighted by atomic mass is 16.5. The van der Waals surface area contributed by atoms with Crippen molar-refractivity contribution in [2.75, 3.05) is 13.2 Å². The molecule has 0 saturated heterocycles. The van der Waals surface area contributed by atoms with E-state index >= 15 is 0 Å². The summed E-state index contributed by atoms with van der Waals surface area (Å²) in [4.78, 5) is 0. The second-order valence-corrected chi connectivity index (χ2v) is 2.65. The summed E-state index contributed by atoms with van der Waals surface area (Å²) < 4.78 is 5.18. The fourth-order valence-corrected chi connectivity index (χ4v) is 0.982. The van der Waals surface area contributed by atoms with Crippen molar-refractivity contribution in [1.82, 2.24) is 0 Å². The van der Waals surface area contributed by atoms with Crippen molar-refractivity contribution in [3.63, 3.8) is 0 Å². The van der Waals surface area contributed by atoms with E-state index in [2.05, 4.69) is 0 Å². The molecule has 0 radical (unpaired) electrons. The van der Waals surface area contributed by atoms with Crippen LogP contribution in [0, 0.1) is 5.92 Å². The largest absolute Gasteiger partial charge is 0.382 e. The van der Waals surface area contributed by atoms with Crippen LogP contribution in [0.4, 0.5) is 0 Å². The lowest BCUT2D eigenvalue weighted by Crippen LogP contribution is -2.04. The topological polar surface area (TPSA) is 35.2 Å². The molecule has 54 valence electrons. The van der Waals surface area contributed by atoms with Gasteiger partial charge in [-0.1, -0.05) is 0 Å². The third-order valence-electron chi connectivity index (χ3n) is 1.81. The normalized spacial score (nSPS) is 32.7. The average Bonchev–Trinajstić information content (AvgIpc) is 2.48. The molecule has 1 rings (SSSR count). The van der Waals surface area contributed by atoms with E-state index in [-0.39, 0.29) is 0 Å². The monoisotopic (exact) mass is 129 g/mol. The molecule has 1 aliphatic rings. The van der Waals surface area contributed by atoms with E-state index in [4.69, 9.17) is 10.5 Å². The molecule has 0 spiro atoms. The van der Waals surface area contributed by atoms with Crippen molar-refractivity contribution in [2.24, 2.45) is 11.7 Å². The average molecular weight is 129 g/mol. The molecule has 0 aliphatic heterocycles. The van der Waals surface area contributed by atoms with Gasteiger partial charge in [0, 0.05) is 19.3 Å². The second kappa shape index (κ2) is 3.18. The Morgan fingerprint density at radius 1 is 1.67 bits per heavy atom. The molecule has 2 nitrogen and oxygen atoms in total. The molecule has 0 aromatic rings. The van der Waals surface area contributed by atoms with E-state index in [1.165, 1.54) is 6.42 Å². The van der Waals surface area contributed by atoms with Gasteiger partial charge in [-0.3, -0.25) is 0 Å². The molecular weight excluding hydrogens is 114 g/mol. The molecule has 2 N–H and O–H groups in total. The zero-order valence-corrected chi connectivity index (χ0v) is 5.97. The molecule has 0 aromatic heterocycles. The minimum atomic E-state index is 0.491. The lowest BCUT2D eigenvalue weighted by molar-refractivity contribution is 0.140. The molecule has 0 aromatic carbocycles. The summed E-state index contributed by atoms with van der Waals surface area (Å²) in [5.41, 5.74) is 5.59. The van der Waals surface area contributed by atoms with E-state index in [0.29, 0.717) is 6.04 Å². The Hall–Kier alpha value is -0.0800. The van der Waals surface area contributed by atoms with Gasteiger partial charge in [-0.25, -0.2) is 0 Å². The van der Waals surface area contributed by atoms with Crippen LogP contribution >= 0.6 is 0 Å². The lowest BCUT2D eigenvalue weighted by atomic mass is 10.3. The van der Waals surface area contributed by atoms with Crippen LogP contribution in [0.5, 0.6) is 0 Å². The van der Waals surface area contributed by atoms with Gasteiger partial charge in [0.2, 0.25) is 0 Å². The first-order valence-corrected chi connectivity index (χ1v) is 3.68. The fourth-order valence-electron chi connectivity index (χ4n) is 0.982. The van der Waals surface area contributed by atoms with Crippen LogP contribution in [-0.2, 0) is 4.74 Å². The minimum absolute atomic E-state index is 0.491. The summed E-state index contributed by atoms with van der Waals surface area (Å²) in [5, 5.41) is 0. The number of ether oxygens (including phenoxy) is 1. The minimum Gasteiger partial charge on any atom is -0.382 e. The van der Waals surface area contributed by atoms with Crippen LogP contribution in [0.25, 0.3) is 0 Å². The van der Waals surface area contributed by atoms with Gasteiger partial charge in [0.15, 0.2) is 0 Å². The van der Waals surface area contributed by atoms with Crippen molar-refractivity contribution in [1.29, 1.82) is 0 Å². The fraction of sp³-hybridized carbons (Fsp3) is 1.00. The van der Waals surface area contributed by atoms with E-state index in [1.807, 2.05) is 6.92 Å². The molecule has 0 bridgehead atoms. The molecule has 0 amide bonds. The van der Waals surface area contributed by atoms with E-state index in [9.17, 15) is 0 Å². The Balaban J connectivity index is 1.83. The summed E-state index contributed by atoms with van der Waals surface area (Å²) in [5.74, 6) is 0.775. The lowest BCUT2D eigenvalue weighted by Gasteiger charge is -1.97. The zero-order chi connectivity index (χ0) is 6.69. The molecule has 0 unspecified atom stereocenters.